The highest BCUT2D eigenvalue weighted by molar-refractivity contribution is 6.24. The molecule has 2 nitrogen and oxygen atoms in total. The fraction of sp³-hybridized carbons (Fsp3) is 0.104. The van der Waals surface area contributed by atoms with Gasteiger partial charge in [0.2, 0.25) is 0 Å². The normalized spacial score (nSPS) is 17.6. The molecule has 0 fully saturated rings. The molecule has 0 radical (unpaired) electrons. The zero-order chi connectivity index (χ0) is 44.8. The van der Waals surface area contributed by atoms with E-state index in [2.05, 4.69) is 31.0 Å². The van der Waals surface area contributed by atoms with Crippen LogP contribution in [0, 0.1) is 0 Å². The lowest BCUT2D eigenvalue weighted by atomic mass is 9.80. The van der Waals surface area contributed by atoms with E-state index in [4.69, 9.17) is 12.3 Å². The predicted octanol–water partition coefficient (Wildman–Crippen LogP) is 12.7. The quantitative estimate of drug-likeness (QED) is 0.173. The molecule has 50 heavy (non-hydrogen) atoms. The molecule has 0 spiro atoms. The van der Waals surface area contributed by atoms with E-state index >= 15 is 0 Å². The molecule has 8 aromatic carbocycles. The Morgan fingerprint density at radius 2 is 1.24 bits per heavy atom. The lowest BCUT2D eigenvalue weighted by molar-refractivity contribution is 0.660. The van der Waals surface area contributed by atoms with Crippen LogP contribution in [-0.4, -0.2) is 9.55 Å². The second-order valence-corrected chi connectivity index (χ2v) is 13.2. The number of aryl methyl sites for hydroxylation is 1. The third-order valence-corrected chi connectivity index (χ3v) is 10.3. The second-order valence-electron chi connectivity index (χ2n) is 13.2. The summed E-state index contributed by atoms with van der Waals surface area (Å²) in [6, 6.07) is 27.6. The predicted molar refractivity (Wildman–Crippen MR) is 211 cm³/mol. The van der Waals surface area contributed by atoms with Gasteiger partial charge in [-0.15, -0.1) is 0 Å². The largest absolute Gasteiger partial charge is 0.296 e. The zero-order valence-corrected chi connectivity index (χ0v) is 27.2. The van der Waals surface area contributed by atoms with Gasteiger partial charge in [0.05, 0.1) is 27.7 Å². The van der Waals surface area contributed by atoms with Crippen molar-refractivity contribution in [1.29, 1.82) is 0 Å². The van der Waals surface area contributed by atoms with Crippen LogP contribution in [0.1, 0.15) is 55.5 Å². The molecule has 10 rings (SSSR count). The lowest BCUT2D eigenvalue weighted by Crippen LogP contribution is -2.14. The van der Waals surface area contributed by atoms with Crippen molar-refractivity contribution >= 4 is 43.4 Å². The summed E-state index contributed by atoms with van der Waals surface area (Å²) >= 11 is 0. The minimum Gasteiger partial charge on any atom is -0.296 e. The van der Waals surface area contributed by atoms with E-state index < -0.39 is 54.9 Å². The smallest absolute Gasteiger partial charge is 0.114 e. The van der Waals surface area contributed by atoms with Crippen LogP contribution in [0.15, 0.2) is 151 Å². The monoisotopic (exact) mass is 653 g/mol. The average Bonchev–Trinajstić information content (AvgIpc) is 3.77. The van der Waals surface area contributed by atoms with Gasteiger partial charge < -0.3 is 0 Å². The Bertz CT molecular complexity index is 3410. The van der Waals surface area contributed by atoms with Crippen LogP contribution in [0.3, 0.4) is 0 Å². The number of aromatic nitrogens is 2. The fourth-order valence-corrected chi connectivity index (χ4v) is 8.09. The van der Waals surface area contributed by atoms with Crippen molar-refractivity contribution in [1.82, 2.24) is 9.55 Å². The van der Waals surface area contributed by atoms with Gasteiger partial charge in [-0.3, -0.25) is 4.57 Å². The molecule has 1 aromatic heterocycles. The molecule has 1 aliphatic rings. The molecular formula is C48H36N2. The molecule has 2 heteroatoms. The highest BCUT2D eigenvalue weighted by atomic mass is 15.1. The number of para-hydroxylation sites is 2. The number of benzene rings is 8. The SMILES string of the molecule is [2H]c1c([2H])c([2H])c2c(-c3ccc(-n4c(C([2H])([2H])C([2H])([2H])[2H])nc5ccccc54)c4ccccc34)c3c([2H])c([2H])c([2H])c([2H])c3c(-c3ccc4c(c3)C(C)(C)c3ccccc3-4)c2c1[2H]. The van der Waals surface area contributed by atoms with Crippen molar-refractivity contribution in [3.8, 4) is 39.1 Å². The summed E-state index contributed by atoms with van der Waals surface area (Å²) in [5.74, 6) is -0.342. The van der Waals surface area contributed by atoms with Crippen LogP contribution in [0.25, 0.3) is 82.4 Å². The summed E-state index contributed by atoms with van der Waals surface area (Å²) in [6.45, 7) is 1.13. The minimum absolute atomic E-state index is 0.0574. The molecule has 0 bridgehead atoms. The number of hydrogen-bond acceptors (Lipinski definition) is 1. The summed E-state index contributed by atoms with van der Waals surface area (Å²) in [6.07, 6.45) is -2.89. The highest BCUT2D eigenvalue weighted by Gasteiger charge is 2.35. The first-order valence-electron chi connectivity index (χ1n) is 23.0. The van der Waals surface area contributed by atoms with Gasteiger partial charge in [-0.1, -0.05) is 148 Å². The van der Waals surface area contributed by atoms with Crippen LogP contribution in [0.5, 0.6) is 0 Å². The van der Waals surface area contributed by atoms with Gasteiger partial charge >= 0.3 is 0 Å². The molecule has 0 atom stereocenters. The summed E-state index contributed by atoms with van der Waals surface area (Å²) in [4.78, 5) is 4.52. The number of imidazole rings is 1. The van der Waals surface area contributed by atoms with Gasteiger partial charge in [0.15, 0.2) is 0 Å². The number of rotatable bonds is 4. The first-order chi connectivity index (χ1) is 29.8. The maximum atomic E-state index is 9.56. The Labute approximate surface area is 310 Å². The van der Waals surface area contributed by atoms with E-state index in [1.54, 1.807) is 60.7 Å². The molecule has 0 amide bonds. The lowest BCUT2D eigenvalue weighted by Gasteiger charge is -2.23. The van der Waals surface area contributed by atoms with Gasteiger partial charge in [0.1, 0.15) is 5.82 Å². The molecule has 9 aromatic rings. The minimum atomic E-state index is -3.09. The first kappa shape index (κ1) is 18.7. The van der Waals surface area contributed by atoms with Crippen molar-refractivity contribution in [2.75, 3.05) is 0 Å². The van der Waals surface area contributed by atoms with Gasteiger partial charge in [-0.25, -0.2) is 4.98 Å². The summed E-state index contributed by atoms with van der Waals surface area (Å²) in [5, 5.41) is 1.27. The molecule has 0 unspecified atom stereocenters. The molecule has 0 N–H and O–H groups in total. The third kappa shape index (κ3) is 3.99. The van der Waals surface area contributed by atoms with E-state index in [1.165, 1.54) is 4.57 Å². The average molecular weight is 654 g/mol. The fourth-order valence-electron chi connectivity index (χ4n) is 8.09. The van der Waals surface area contributed by atoms with Gasteiger partial charge in [-0.05, 0) is 95.7 Å². The molecule has 0 saturated carbocycles. The number of fused-ring (bicyclic) bond motifs is 7. The van der Waals surface area contributed by atoms with Gasteiger partial charge in [0.25, 0.3) is 0 Å². The molecule has 1 heterocycles. The zero-order valence-electron chi connectivity index (χ0n) is 40.2. The molecule has 238 valence electrons. The van der Waals surface area contributed by atoms with E-state index in [9.17, 15) is 5.48 Å². The van der Waals surface area contributed by atoms with Crippen molar-refractivity contribution in [2.45, 2.75) is 32.5 Å². The molecule has 0 saturated heterocycles. The van der Waals surface area contributed by atoms with Crippen LogP contribution in [0.2, 0.25) is 0 Å². The Morgan fingerprint density at radius 3 is 2.00 bits per heavy atom. The third-order valence-electron chi connectivity index (χ3n) is 10.3. The summed E-state index contributed by atoms with van der Waals surface area (Å²) in [7, 11) is 0. The van der Waals surface area contributed by atoms with Crippen LogP contribution in [-0.2, 0) is 11.8 Å². The van der Waals surface area contributed by atoms with Crippen LogP contribution < -0.4 is 0 Å². The van der Waals surface area contributed by atoms with E-state index in [1.807, 2.05) is 30.3 Å². The molecule has 1 aliphatic carbocycles. The molecule has 0 aliphatic heterocycles. The van der Waals surface area contributed by atoms with E-state index in [-0.39, 0.29) is 50.6 Å². The van der Waals surface area contributed by atoms with E-state index in [0.29, 0.717) is 38.6 Å². The number of hydrogen-bond donors (Lipinski definition) is 0. The Morgan fingerprint density at radius 1 is 0.620 bits per heavy atom. The Kier molecular flexibility index (Phi) is 4.02. The van der Waals surface area contributed by atoms with Crippen LogP contribution in [0.4, 0.5) is 0 Å². The second kappa shape index (κ2) is 10.8. The maximum absolute atomic E-state index is 9.56. The van der Waals surface area contributed by atoms with Crippen molar-refractivity contribution < 1.29 is 17.8 Å². The number of nitrogens with zero attached hydrogens (tertiary/aromatic N) is 2. The Balaban J connectivity index is 1.37. The van der Waals surface area contributed by atoms with Crippen LogP contribution >= 0.6 is 0 Å². The topological polar surface area (TPSA) is 17.8 Å². The van der Waals surface area contributed by atoms with Gasteiger partial charge in [0, 0.05) is 24.0 Å². The van der Waals surface area contributed by atoms with Crippen molar-refractivity contribution in [2.24, 2.45) is 0 Å². The first-order valence-corrected chi connectivity index (χ1v) is 16.5. The standard InChI is InChI=1S/C48H36N2/c1-4-45-49-42-23-13-14-24-44(42)50(45)43-28-27-39(31-15-5-6-17-34(31)43)47-37-20-9-7-18-35(37)46(36-19-8-10-21-38(36)47)30-25-26-33-32-16-11-12-22-40(32)48(2,3)41(33)29-30/h5-29H,4H2,1-3H3/i1D3,4D2,7D,8D,9D,10D,18D,19D,20D,21D. The summed E-state index contributed by atoms with van der Waals surface area (Å²) in [5.41, 5.74) is 6.19. The highest BCUT2D eigenvalue weighted by Crippen LogP contribution is 2.51. The van der Waals surface area contributed by atoms with Gasteiger partial charge in [-0.2, -0.15) is 0 Å². The maximum Gasteiger partial charge on any atom is 0.114 e. The molecular weight excluding hydrogens is 605 g/mol. The van der Waals surface area contributed by atoms with Crippen molar-refractivity contribution in [3.05, 3.63) is 168 Å². The Hall–Kier alpha value is -5.99. The van der Waals surface area contributed by atoms with Crippen molar-refractivity contribution in [3.63, 3.8) is 0 Å². The van der Waals surface area contributed by atoms with E-state index in [0.717, 1.165) is 22.3 Å². The summed E-state index contributed by atoms with van der Waals surface area (Å²) < 4.78 is 118.